The van der Waals surface area contributed by atoms with E-state index in [2.05, 4.69) is 4.98 Å². The summed E-state index contributed by atoms with van der Waals surface area (Å²) in [6, 6.07) is 7.05. The number of hydrogen-bond donors (Lipinski definition) is 0. The highest BCUT2D eigenvalue weighted by atomic mass is 35.5. The summed E-state index contributed by atoms with van der Waals surface area (Å²) in [6.45, 7) is 1.92. The molecule has 4 heteroatoms. The van der Waals surface area contributed by atoms with Crippen molar-refractivity contribution in [2.75, 3.05) is 0 Å². The first kappa shape index (κ1) is 9.93. The van der Waals surface area contributed by atoms with Gasteiger partial charge in [-0.1, -0.05) is 0 Å². The average molecular weight is 221 g/mol. The Kier molecular flexibility index (Phi) is 2.56. The molecule has 0 amide bonds. The average Bonchev–Trinajstić information content (AvgIpc) is 2.65. The number of aryl methyl sites for hydroxylation is 1. The molecule has 0 aliphatic heterocycles. The lowest BCUT2D eigenvalue weighted by Gasteiger charge is -2.01. The predicted octanol–water partition coefficient (Wildman–Crippen LogP) is 2.56. The molecule has 15 heavy (non-hydrogen) atoms. The number of nitrogens with zero attached hydrogens (tertiary/aromatic N) is 2. The highest BCUT2D eigenvalue weighted by Gasteiger charge is 2.02. The normalized spacial score (nSPS) is 10.3. The highest BCUT2D eigenvalue weighted by Crippen LogP contribution is 2.11. The molecule has 0 unspecified atom stereocenters. The van der Waals surface area contributed by atoms with Crippen molar-refractivity contribution in [3.8, 4) is 5.69 Å². The predicted molar refractivity (Wildman–Crippen MR) is 58.5 cm³/mol. The van der Waals surface area contributed by atoms with Crippen LogP contribution in [0.4, 0.5) is 0 Å². The van der Waals surface area contributed by atoms with Crippen LogP contribution in [0.2, 0.25) is 0 Å². The Balaban J connectivity index is 2.35. The first-order valence-electron chi connectivity index (χ1n) is 4.47. The van der Waals surface area contributed by atoms with Gasteiger partial charge in [0.1, 0.15) is 0 Å². The Morgan fingerprint density at radius 3 is 2.47 bits per heavy atom. The van der Waals surface area contributed by atoms with E-state index in [1.165, 1.54) is 0 Å². The standard InChI is InChI=1S/C11H9ClN2O/c1-8-6-14(7-13-8)10-4-2-9(3-5-10)11(12)15/h2-7H,1H3. The summed E-state index contributed by atoms with van der Waals surface area (Å²) < 4.78 is 1.89. The summed E-state index contributed by atoms with van der Waals surface area (Å²) in [5, 5.41) is -0.441. The van der Waals surface area contributed by atoms with Crippen molar-refractivity contribution in [2.45, 2.75) is 6.92 Å². The fraction of sp³-hybridized carbons (Fsp3) is 0.0909. The maximum atomic E-state index is 10.8. The van der Waals surface area contributed by atoms with Crippen molar-refractivity contribution in [3.05, 3.63) is 48.0 Å². The number of halogens is 1. The van der Waals surface area contributed by atoms with Gasteiger partial charge in [-0.2, -0.15) is 0 Å². The first-order chi connectivity index (χ1) is 7.16. The van der Waals surface area contributed by atoms with Gasteiger partial charge in [-0.25, -0.2) is 4.98 Å². The van der Waals surface area contributed by atoms with E-state index >= 15 is 0 Å². The molecule has 3 nitrogen and oxygen atoms in total. The molecule has 1 aromatic heterocycles. The van der Waals surface area contributed by atoms with Gasteiger partial charge < -0.3 is 4.57 Å². The van der Waals surface area contributed by atoms with Gasteiger partial charge in [0, 0.05) is 17.4 Å². The Labute approximate surface area is 92.3 Å². The van der Waals surface area contributed by atoms with E-state index in [-0.39, 0.29) is 0 Å². The van der Waals surface area contributed by atoms with Crippen molar-refractivity contribution in [1.82, 2.24) is 9.55 Å². The molecule has 1 heterocycles. The lowest BCUT2D eigenvalue weighted by molar-refractivity contribution is 0.108. The fourth-order valence-corrected chi connectivity index (χ4v) is 1.45. The molecule has 2 aromatic rings. The smallest absolute Gasteiger partial charge is 0.252 e. The van der Waals surface area contributed by atoms with E-state index in [9.17, 15) is 4.79 Å². The number of carbonyl (C=O) groups excluding carboxylic acids is 1. The molecular formula is C11H9ClN2O. The van der Waals surface area contributed by atoms with Crippen LogP contribution in [0, 0.1) is 6.92 Å². The zero-order chi connectivity index (χ0) is 10.8. The zero-order valence-corrected chi connectivity index (χ0v) is 8.90. The third-order valence-electron chi connectivity index (χ3n) is 2.10. The molecule has 0 radical (unpaired) electrons. The number of benzene rings is 1. The van der Waals surface area contributed by atoms with Crippen LogP contribution in [0.5, 0.6) is 0 Å². The summed E-state index contributed by atoms with van der Waals surface area (Å²) in [4.78, 5) is 15.0. The van der Waals surface area contributed by atoms with Gasteiger partial charge in [0.25, 0.3) is 5.24 Å². The van der Waals surface area contributed by atoms with Crippen molar-refractivity contribution in [2.24, 2.45) is 0 Å². The Morgan fingerprint density at radius 2 is 2.00 bits per heavy atom. The van der Waals surface area contributed by atoms with Crippen molar-refractivity contribution < 1.29 is 4.79 Å². The molecule has 76 valence electrons. The van der Waals surface area contributed by atoms with Crippen molar-refractivity contribution in [3.63, 3.8) is 0 Å². The minimum atomic E-state index is -0.441. The van der Waals surface area contributed by atoms with E-state index in [4.69, 9.17) is 11.6 Å². The van der Waals surface area contributed by atoms with Crippen LogP contribution in [-0.2, 0) is 0 Å². The lowest BCUT2D eigenvalue weighted by atomic mass is 10.2. The third kappa shape index (κ3) is 2.07. The molecular weight excluding hydrogens is 212 g/mol. The van der Waals surface area contributed by atoms with Gasteiger partial charge in [-0.3, -0.25) is 4.79 Å². The van der Waals surface area contributed by atoms with Gasteiger partial charge in [0.15, 0.2) is 0 Å². The van der Waals surface area contributed by atoms with Crippen LogP contribution < -0.4 is 0 Å². The van der Waals surface area contributed by atoms with E-state index in [0.717, 1.165) is 11.4 Å². The molecule has 0 spiro atoms. The number of carbonyl (C=O) groups is 1. The van der Waals surface area contributed by atoms with Gasteiger partial charge in [0.05, 0.1) is 12.0 Å². The molecule has 2 rings (SSSR count). The fourth-order valence-electron chi connectivity index (χ4n) is 1.33. The van der Waals surface area contributed by atoms with E-state index in [1.807, 2.05) is 29.8 Å². The lowest BCUT2D eigenvalue weighted by Crippen LogP contribution is -1.92. The monoisotopic (exact) mass is 220 g/mol. The highest BCUT2D eigenvalue weighted by molar-refractivity contribution is 6.67. The second-order valence-corrected chi connectivity index (χ2v) is 3.59. The summed E-state index contributed by atoms with van der Waals surface area (Å²) in [7, 11) is 0. The minimum Gasteiger partial charge on any atom is -0.306 e. The minimum absolute atomic E-state index is 0.441. The first-order valence-corrected chi connectivity index (χ1v) is 4.85. The summed E-state index contributed by atoms with van der Waals surface area (Å²) >= 11 is 5.35. The second-order valence-electron chi connectivity index (χ2n) is 3.24. The molecule has 0 aliphatic carbocycles. The molecule has 0 atom stereocenters. The molecule has 0 saturated carbocycles. The second kappa shape index (κ2) is 3.87. The van der Waals surface area contributed by atoms with Crippen molar-refractivity contribution >= 4 is 16.8 Å². The zero-order valence-electron chi connectivity index (χ0n) is 8.14. The quantitative estimate of drug-likeness (QED) is 0.729. The summed E-state index contributed by atoms with van der Waals surface area (Å²) in [5.41, 5.74) is 2.40. The third-order valence-corrected chi connectivity index (χ3v) is 2.32. The Hall–Kier alpha value is -1.61. The van der Waals surface area contributed by atoms with E-state index in [0.29, 0.717) is 5.56 Å². The topological polar surface area (TPSA) is 34.9 Å². The van der Waals surface area contributed by atoms with E-state index in [1.54, 1.807) is 18.5 Å². The SMILES string of the molecule is Cc1cn(-c2ccc(C(=O)Cl)cc2)cn1. The summed E-state index contributed by atoms with van der Waals surface area (Å²) in [6.07, 6.45) is 3.64. The molecule has 0 fully saturated rings. The number of rotatable bonds is 2. The Morgan fingerprint density at radius 1 is 1.33 bits per heavy atom. The maximum Gasteiger partial charge on any atom is 0.252 e. The molecule has 1 aromatic carbocycles. The maximum absolute atomic E-state index is 10.8. The number of imidazole rings is 1. The van der Waals surface area contributed by atoms with Crippen LogP contribution in [0.1, 0.15) is 16.1 Å². The van der Waals surface area contributed by atoms with Crippen LogP contribution in [0.25, 0.3) is 5.69 Å². The number of aromatic nitrogens is 2. The summed E-state index contributed by atoms with van der Waals surface area (Å²) in [5.74, 6) is 0. The van der Waals surface area contributed by atoms with Gasteiger partial charge in [0.2, 0.25) is 0 Å². The van der Waals surface area contributed by atoms with Gasteiger partial charge >= 0.3 is 0 Å². The molecule has 0 N–H and O–H groups in total. The van der Waals surface area contributed by atoms with E-state index < -0.39 is 5.24 Å². The Bertz CT molecular complexity index is 488. The van der Waals surface area contributed by atoms with Crippen LogP contribution in [-0.4, -0.2) is 14.8 Å². The van der Waals surface area contributed by atoms with Gasteiger partial charge in [-0.05, 0) is 42.8 Å². The molecule has 0 bridgehead atoms. The molecule has 0 saturated heterocycles. The van der Waals surface area contributed by atoms with Crippen LogP contribution in [0.15, 0.2) is 36.8 Å². The largest absolute Gasteiger partial charge is 0.306 e. The van der Waals surface area contributed by atoms with Crippen molar-refractivity contribution in [1.29, 1.82) is 0 Å². The number of hydrogen-bond acceptors (Lipinski definition) is 2. The van der Waals surface area contributed by atoms with Gasteiger partial charge in [-0.15, -0.1) is 0 Å². The van der Waals surface area contributed by atoms with Crippen LogP contribution >= 0.6 is 11.6 Å². The van der Waals surface area contributed by atoms with Crippen LogP contribution in [0.3, 0.4) is 0 Å². The molecule has 0 aliphatic rings.